The molecule has 1 amide bonds. The highest BCUT2D eigenvalue weighted by atomic mass is 35.5. The maximum Gasteiger partial charge on any atom is 0.240 e. The van der Waals surface area contributed by atoms with Crippen LogP contribution in [0.5, 0.6) is 0 Å². The Morgan fingerprint density at radius 3 is 2.64 bits per heavy atom. The lowest BCUT2D eigenvalue weighted by molar-refractivity contribution is -0.113. The first-order valence-electron chi connectivity index (χ1n) is 6.20. The number of rotatable bonds is 4. The standard InChI is InChI=1S/C13H13ClFN3O3S/c1-7-13(8(2)18-17-7)16-12(19)6-22(20,21)9-3-4-11(15)10(14)5-9/h3-5H,6H2,1-2H3,(H,16,19)(H,17,18). The zero-order chi connectivity index (χ0) is 16.5. The minimum Gasteiger partial charge on any atom is -0.322 e. The molecule has 0 bridgehead atoms. The van der Waals surface area contributed by atoms with Crippen molar-refractivity contribution in [3.8, 4) is 0 Å². The van der Waals surface area contributed by atoms with Crippen molar-refractivity contribution in [1.29, 1.82) is 0 Å². The number of anilines is 1. The maximum atomic E-state index is 13.1. The molecule has 1 aromatic carbocycles. The molecule has 2 N–H and O–H groups in total. The fourth-order valence-electron chi connectivity index (χ4n) is 1.84. The number of benzene rings is 1. The summed E-state index contributed by atoms with van der Waals surface area (Å²) in [6.45, 7) is 3.37. The van der Waals surface area contributed by atoms with Gasteiger partial charge in [0.25, 0.3) is 0 Å². The van der Waals surface area contributed by atoms with Gasteiger partial charge in [-0.3, -0.25) is 9.89 Å². The van der Waals surface area contributed by atoms with E-state index in [0.29, 0.717) is 17.1 Å². The Morgan fingerprint density at radius 2 is 2.09 bits per heavy atom. The number of aromatic nitrogens is 2. The van der Waals surface area contributed by atoms with E-state index in [0.717, 1.165) is 18.2 Å². The van der Waals surface area contributed by atoms with Crippen molar-refractivity contribution in [3.63, 3.8) is 0 Å². The number of aromatic amines is 1. The van der Waals surface area contributed by atoms with Crippen molar-refractivity contribution in [2.75, 3.05) is 11.1 Å². The van der Waals surface area contributed by atoms with Crippen molar-refractivity contribution in [2.45, 2.75) is 18.7 Å². The smallest absolute Gasteiger partial charge is 0.240 e. The van der Waals surface area contributed by atoms with Gasteiger partial charge in [0.1, 0.15) is 11.6 Å². The molecule has 0 fully saturated rings. The number of carbonyl (C=O) groups excluding carboxylic acids is 1. The second kappa shape index (κ2) is 6.05. The largest absolute Gasteiger partial charge is 0.322 e. The molecular weight excluding hydrogens is 333 g/mol. The number of nitrogens with one attached hydrogen (secondary N) is 2. The number of hydrogen-bond donors (Lipinski definition) is 2. The lowest BCUT2D eigenvalue weighted by Crippen LogP contribution is -2.23. The summed E-state index contributed by atoms with van der Waals surface area (Å²) in [4.78, 5) is 11.7. The molecule has 0 aliphatic rings. The molecule has 0 aliphatic carbocycles. The Morgan fingerprint density at radius 1 is 1.41 bits per heavy atom. The summed E-state index contributed by atoms with van der Waals surface area (Å²) >= 11 is 5.56. The topological polar surface area (TPSA) is 91.9 Å². The molecule has 0 spiro atoms. The van der Waals surface area contributed by atoms with Gasteiger partial charge in [-0.15, -0.1) is 0 Å². The lowest BCUT2D eigenvalue weighted by atomic mass is 10.3. The predicted octanol–water partition coefficient (Wildman–Crippen LogP) is 2.23. The van der Waals surface area contributed by atoms with Crippen molar-refractivity contribution in [3.05, 3.63) is 40.4 Å². The monoisotopic (exact) mass is 345 g/mol. The van der Waals surface area contributed by atoms with Crippen molar-refractivity contribution in [1.82, 2.24) is 10.2 Å². The van der Waals surface area contributed by atoms with Crippen LogP contribution in [-0.2, 0) is 14.6 Å². The number of carbonyl (C=O) groups is 1. The van der Waals surface area contributed by atoms with Crippen LogP contribution in [0.25, 0.3) is 0 Å². The van der Waals surface area contributed by atoms with Crippen molar-refractivity contribution in [2.24, 2.45) is 0 Å². The molecule has 6 nitrogen and oxygen atoms in total. The molecule has 22 heavy (non-hydrogen) atoms. The molecule has 0 aliphatic heterocycles. The lowest BCUT2D eigenvalue weighted by Gasteiger charge is -2.07. The minimum atomic E-state index is -3.92. The fraction of sp³-hybridized carbons (Fsp3) is 0.231. The molecule has 0 radical (unpaired) electrons. The highest BCUT2D eigenvalue weighted by Crippen LogP contribution is 2.21. The van der Waals surface area contributed by atoms with Gasteiger partial charge in [0.05, 0.1) is 27.0 Å². The van der Waals surface area contributed by atoms with Crippen LogP contribution in [-0.4, -0.2) is 30.3 Å². The van der Waals surface area contributed by atoms with Crippen LogP contribution in [0, 0.1) is 19.7 Å². The highest BCUT2D eigenvalue weighted by molar-refractivity contribution is 7.92. The van der Waals surface area contributed by atoms with Crippen LogP contribution in [0.2, 0.25) is 5.02 Å². The molecule has 1 heterocycles. The number of amides is 1. The molecule has 2 aromatic rings. The summed E-state index contributed by atoms with van der Waals surface area (Å²) in [7, 11) is -3.92. The third-order valence-electron chi connectivity index (χ3n) is 2.96. The molecule has 9 heteroatoms. The number of aryl methyl sites for hydroxylation is 2. The second-order valence-electron chi connectivity index (χ2n) is 4.69. The maximum absolute atomic E-state index is 13.1. The number of sulfone groups is 1. The zero-order valence-corrected chi connectivity index (χ0v) is 13.3. The summed E-state index contributed by atoms with van der Waals surface area (Å²) in [5, 5.41) is 8.75. The van der Waals surface area contributed by atoms with E-state index in [-0.39, 0.29) is 9.92 Å². The van der Waals surface area contributed by atoms with Gasteiger partial charge in [0.15, 0.2) is 9.84 Å². The molecule has 0 atom stereocenters. The van der Waals surface area contributed by atoms with Crippen LogP contribution in [0.1, 0.15) is 11.4 Å². The van der Waals surface area contributed by atoms with Gasteiger partial charge < -0.3 is 5.32 Å². The average molecular weight is 346 g/mol. The summed E-state index contributed by atoms with van der Waals surface area (Å²) in [6.07, 6.45) is 0. The van der Waals surface area contributed by atoms with Crippen LogP contribution in [0.3, 0.4) is 0 Å². The van der Waals surface area contributed by atoms with Crippen LogP contribution in [0.15, 0.2) is 23.1 Å². The van der Waals surface area contributed by atoms with Gasteiger partial charge in [0.2, 0.25) is 5.91 Å². The van der Waals surface area contributed by atoms with E-state index in [9.17, 15) is 17.6 Å². The number of H-pyrrole nitrogens is 1. The summed E-state index contributed by atoms with van der Waals surface area (Å²) in [6, 6.07) is 2.99. The van der Waals surface area contributed by atoms with E-state index in [1.807, 2.05) is 0 Å². The highest BCUT2D eigenvalue weighted by Gasteiger charge is 2.21. The molecule has 0 saturated heterocycles. The van der Waals surface area contributed by atoms with Crippen LogP contribution >= 0.6 is 11.6 Å². The zero-order valence-electron chi connectivity index (χ0n) is 11.8. The van der Waals surface area contributed by atoms with E-state index in [2.05, 4.69) is 15.5 Å². The Bertz CT molecular complexity index is 814. The Labute approximate surface area is 131 Å². The quantitative estimate of drug-likeness (QED) is 0.831. The fourth-order valence-corrected chi connectivity index (χ4v) is 3.24. The third-order valence-corrected chi connectivity index (χ3v) is 4.87. The third kappa shape index (κ3) is 3.45. The summed E-state index contributed by atoms with van der Waals surface area (Å²) in [5.74, 6) is -2.22. The van der Waals surface area contributed by atoms with E-state index in [4.69, 9.17) is 11.6 Å². The number of nitrogens with zero attached hydrogens (tertiary/aromatic N) is 1. The van der Waals surface area contributed by atoms with Gasteiger partial charge in [0, 0.05) is 0 Å². The Balaban J connectivity index is 2.18. The predicted molar refractivity (Wildman–Crippen MR) is 80.2 cm³/mol. The first-order chi connectivity index (χ1) is 10.2. The minimum absolute atomic E-state index is 0.213. The van der Waals surface area contributed by atoms with Gasteiger partial charge in [-0.05, 0) is 32.0 Å². The van der Waals surface area contributed by atoms with Gasteiger partial charge in [-0.25, -0.2) is 12.8 Å². The van der Waals surface area contributed by atoms with Crippen LogP contribution < -0.4 is 5.32 Å². The second-order valence-corrected chi connectivity index (χ2v) is 7.09. The molecule has 0 unspecified atom stereocenters. The molecule has 118 valence electrons. The number of hydrogen-bond acceptors (Lipinski definition) is 4. The van der Waals surface area contributed by atoms with E-state index < -0.39 is 27.3 Å². The van der Waals surface area contributed by atoms with Crippen molar-refractivity contribution < 1.29 is 17.6 Å². The summed E-state index contributed by atoms with van der Waals surface area (Å²) < 4.78 is 37.4. The van der Waals surface area contributed by atoms with Gasteiger partial charge in [-0.2, -0.15) is 5.10 Å². The average Bonchev–Trinajstić information content (AvgIpc) is 2.73. The molecule has 0 saturated carbocycles. The van der Waals surface area contributed by atoms with Crippen LogP contribution in [0.4, 0.5) is 10.1 Å². The van der Waals surface area contributed by atoms with E-state index in [1.165, 1.54) is 0 Å². The Kier molecular flexibility index (Phi) is 4.52. The molecular formula is C13H13ClFN3O3S. The number of halogens is 2. The first-order valence-corrected chi connectivity index (χ1v) is 8.23. The van der Waals surface area contributed by atoms with Crippen molar-refractivity contribution >= 4 is 33.0 Å². The van der Waals surface area contributed by atoms with Gasteiger partial charge in [-0.1, -0.05) is 11.6 Å². The summed E-state index contributed by atoms with van der Waals surface area (Å²) in [5.41, 5.74) is 1.61. The molecule has 2 rings (SSSR count). The normalized spacial score (nSPS) is 11.5. The van der Waals surface area contributed by atoms with Gasteiger partial charge >= 0.3 is 0 Å². The molecule has 1 aromatic heterocycles. The Hall–Kier alpha value is -1.93. The first kappa shape index (κ1) is 16.4. The SMILES string of the molecule is Cc1n[nH]c(C)c1NC(=O)CS(=O)(=O)c1ccc(F)c(Cl)c1. The van der Waals surface area contributed by atoms with E-state index >= 15 is 0 Å². The van der Waals surface area contributed by atoms with E-state index in [1.54, 1.807) is 13.8 Å².